The highest BCUT2D eigenvalue weighted by Gasteiger charge is 2.31. The zero-order valence-corrected chi connectivity index (χ0v) is 10.5. The second-order valence-corrected chi connectivity index (χ2v) is 4.82. The van der Waals surface area contributed by atoms with Crippen LogP contribution in [0.2, 0.25) is 0 Å². The van der Waals surface area contributed by atoms with Gasteiger partial charge in [-0.05, 0) is 40.4 Å². The van der Waals surface area contributed by atoms with Gasteiger partial charge < -0.3 is 4.90 Å². The Morgan fingerprint density at radius 2 is 2.13 bits per heavy atom. The van der Waals surface area contributed by atoms with E-state index in [4.69, 9.17) is 0 Å². The minimum Gasteiger partial charge on any atom is -0.308 e. The minimum atomic E-state index is 0.199. The molecule has 3 heteroatoms. The first kappa shape index (κ1) is 12.7. The minimum absolute atomic E-state index is 0.199. The van der Waals surface area contributed by atoms with Crippen LogP contribution in [0.5, 0.6) is 0 Å². The molecule has 0 aliphatic heterocycles. The molecule has 0 saturated heterocycles. The SMILES string of the molecule is CCN(C(C)CN(C)C)C1CCCC1=O. The molecule has 0 heterocycles. The van der Waals surface area contributed by atoms with Crippen molar-refractivity contribution < 1.29 is 4.79 Å². The van der Waals surface area contributed by atoms with E-state index in [-0.39, 0.29) is 6.04 Å². The van der Waals surface area contributed by atoms with Crippen LogP contribution in [0.4, 0.5) is 0 Å². The fourth-order valence-corrected chi connectivity index (χ4v) is 2.62. The Morgan fingerprint density at radius 1 is 1.47 bits per heavy atom. The second-order valence-electron chi connectivity index (χ2n) is 4.82. The molecule has 1 fully saturated rings. The lowest BCUT2D eigenvalue weighted by molar-refractivity contribution is -0.122. The molecular formula is C12H24N2O. The number of likely N-dealkylation sites (N-methyl/N-ethyl adjacent to an activating group) is 2. The summed E-state index contributed by atoms with van der Waals surface area (Å²) in [5.74, 6) is 0.447. The summed E-state index contributed by atoms with van der Waals surface area (Å²) < 4.78 is 0. The molecule has 1 saturated carbocycles. The van der Waals surface area contributed by atoms with Crippen molar-refractivity contribution >= 4 is 5.78 Å². The predicted octanol–water partition coefficient (Wildman–Crippen LogP) is 1.38. The summed E-state index contributed by atoms with van der Waals surface area (Å²) in [6.45, 7) is 6.37. The van der Waals surface area contributed by atoms with Crippen LogP contribution in [-0.2, 0) is 4.79 Å². The number of carbonyl (C=O) groups excluding carboxylic acids is 1. The van der Waals surface area contributed by atoms with Crippen molar-refractivity contribution in [2.24, 2.45) is 0 Å². The highest BCUT2D eigenvalue weighted by molar-refractivity contribution is 5.85. The summed E-state index contributed by atoms with van der Waals surface area (Å²) in [7, 11) is 4.17. The van der Waals surface area contributed by atoms with Gasteiger partial charge in [0.05, 0.1) is 6.04 Å². The first-order chi connectivity index (χ1) is 7.06. The van der Waals surface area contributed by atoms with Crippen LogP contribution in [0.1, 0.15) is 33.1 Å². The van der Waals surface area contributed by atoms with Gasteiger partial charge in [-0.2, -0.15) is 0 Å². The lowest BCUT2D eigenvalue weighted by atomic mass is 10.1. The lowest BCUT2D eigenvalue weighted by Crippen LogP contribution is -2.47. The third-order valence-corrected chi connectivity index (χ3v) is 3.23. The standard InChI is InChI=1S/C12H24N2O/c1-5-14(10(2)9-13(3)4)11-7-6-8-12(11)15/h10-11H,5-9H2,1-4H3. The summed E-state index contributed by atoms with van der Waals surface area (Å²) in [4.78, 5) is 16.3. The first-order valence-electron chi connectivity index (χ1n) is 5.99. The Kier molecular flexibility index (Phi) is 4.74. The maximum absolute atomic E-state index is 11.7. The third kappa shape index (κ3) is 3.28. The van der Waals surface area contributed by atoms with Gasteiger partial charge in [0.25, 0.3) is 0 Å². The zero-order chi connectivity index (χ0) is 11.4. The van der Waals surface area contributed by atoms with Gasteiger partial charge in [-0.25, -0.2) is 0 Å². The molecule has 0 radical (unpaired) electrons. The molecule has 0 amide bonds. The number of rotatable bonds is 5. The van der Waals surface area contributed by atoms with Crippen LogP contribution in [0, 0.1) is 0 Å². The molecule has 15 heavy (non-hydrogen) atoms. The number of Topliss-reactive ketones (excluding diaryl/α,β-unsaturated/α-hetero) is 1. The molecule has 0 spiro atoms. The molecule has 88 valence electrons. The van der Waals surface area contributed by atoms with Crippen LogP contribution in [0.25, 0.3) is 0 Å². The lowest BCUT2D eigenvalue weighted by Gasteiger charge is -2.34. The molecule has 0 aromatic carbocycles. The van der Waals surface area contributed by atoms with Gasteiger partial charge in [0.15, 0.2) is 0 Å². The Hall–Kier alpha value is -0.410. The number of carbonyl (C=O) groups is 1. The molecule has 0 aromatic rings. The summed E-state index contributed by atoms with van der Waals surface area (Å²) in [6, 6.07) is 0.669. The number of nitrogens with zero attached hydrogens (tertiary/aromatic N) is 2. The van der Waals surface area contributed by atoms with Gasteiger partial charge in [-0.3, -0.25) is 9.69 Å². The molecule has 2 unspecified atom stereocenters. The fraction of sp³-hybridized carbons (Fsp3) is 0.917. The van der Waals surface area contributed by atoms with E-state index in [1.807, 2.05) is 0 Å². The summed E-state index contributed by atoms with van der Waals surface area (Å²) in [5.41, 5.74) is 0. The molecule has 3 nitrogen and oxygen atoms in total. The average molecular weight is 212 g/mol. The van der Waals surface area contributed by atoms with Crippen LogP contribution in [0.3, 0.4) is 0 Å². The molecule has 0 aromatic heterocycles. The average Bonchev–Trinajstić information content (AvgIpc) is 2.52. The van der Waals surface area contributed by atoms with Crippen LogP contribution in [-0.4, -0.2) is 54.9 Å². The Labute approximate surface area is 93.4 Å². The molecule has 1 aliphatic rings. The summed E-state index contributed by atoms with van der Waals surface area (Å²) in [5, 5.41) is 0. The third-order valence-electron chi connectivity index (χ3n) is 3.23. The van der Waals surface area contributed by atoms with E-state index >= 15 is 0 Å². The smallest absolute Gasteiger partial charge is 0.149 e. The quantitative estimate of drug-likeness (QED) is 0.688. The van der Waals surface area contributed by atoms with Gasteiger partial charge in [0, 0.05) is 19.0 Å². The molecule has 0 bridgehead atoms. The van der Waals surface area contributed by atoms with Crippen molar-refractivity contribution in [3.05, 3.63) is 0 Å². The topological polar surface area (TPSA) is 23.6 Å². The zero-order valence-electron chi connectivity index (χ0n) is 10.5. The van der Waals surface area contributed by atoms with Crippen molar-refractivity contribution in [2.45, 2.75) is 45.2 Å². The molecule has 2 atom stereocenters. The highest BCUT2D eigenvalue weighted by Crippen LogP contribution is 2.22. The van der Waals surface area contributed by atoms with E-state index in [0.29, 0.717) is 11.8 Å². The number of hydrogen-bond donors (Lipinski definition) is 0. The van der Waals surface area contributed by atoms with Crippen LogP contribution in [0.15, 0.2) is 0 Å². The van der Waals surface area contributed by atoms with Gasteiger partial charge in [0.1, 0.15) is 5.78 Å². The van der Waals surface area contributed by atoms with Crippen molar-refractivity contribution in [2.75, 3.05) is 27.2 Å². The van der Waals surface area contributed by atoms with E-state index in [9.17, 15) is 4.79 Å². The second kappa shape index (κ2) is 5.61. The monoisotopic (exact) mass is 212 g/mol. The van der Waals surface area contributed by atoms with Gasteiger partial charge in [0.2, 0.25) is 0 Å². The molecule has 0 N–H and O–H groups in total. The van der Waals surface area contributed by atoms with Gasteiger partial charge in [-0.1, -0.05) is 6.92 Å². The largest absolute Gasteiger partial charge is 0.308 e. The van der Waals surface area contributed by atoms with E-state index in [0.717, 1.165) is 32.4 Å². The Morgan fingerprint density at radius 3 is 2.53 bits per heavy atom. The van der Waals surface area contributed by atoms with E-state index < -0.39 is 0 Å². The van der Waals surface area contributed by atoms with Gasteiger partial charge in [-0.15, -0.1) is 0 Å². The first-order valence-corrected chi connectivity index (χ1v) is 5.99. The van der Waals surface area contributed by atoms with Gasteiger partial charge >= 0.3 is 0 Å². The number of ketones is 1. The Bertz CT molecular complexity index is 216. The molecular weight excluding hydrogens is 188 g/mol. The fourth-order valence-electron chi connectivity index (χ4n) is 2.62. The normalized spacial score (nSPS) is 24.1. The highest BCUT2D eigenvalue weighted by atomic mass is 16.1. The Balaban J connectivity index is 2.57. The van der Waals surface area contributed by atoms with Crippen molar-refractivity contribution in [3.8, 4) is 0 Å². The predicted molar refractivity (Wildman–Crippen MR) is 63.0 cm³/mol. The number of hydrogen-bond acceptors (Lipinski definition) is 3. The van der Waals surface area contributed by atoms with Crippen LogP contribution >= 0.6 is 0 Å². The van der Waals surface area contributed by atoms with E-state index in [2.05, 4.69) is 37.7 Å². The maximum Gasteiger partial charge on any atom is 0.149 e. The summed E-state index contributed by atoms with van der Waals surface area (Å²) in [6.07, 6.45) is 2.93. The van der Waals surface area contributed by atoms with Crippen molar-refractivity contribution in [1.29, 1.82) is 0 Å². The summed E-state index contributed by atoms with van der Waals surface area (Å²) >= 11 is 0. The van der Waals surface area contributed by atoms with Crippen molar-refractivity contribution in [1.82, 2.24) is 9.80 Å². The maximum atomic E-state index is 11.7. The van der Waals surface area contributed by atoms with Crippen LogP contribution < -0.4 is 0 Å². The molecule has 1 aliphatic carbocycles. The van der Waals surface area contributed by atoms with Crippen molar-refractivity contribution in [3.63, 3.8) is 0 Å². The molecule has 1 rings (SSSR count). The van der Waals surface area contributed by atoms with E-state index in [1.165, 1.54) is 0 Å². The van der Waals surface area contributed by atoms with E-state index in [1.54, 1.807) is 0 Å².